The van der Waals surface area contributed by atoms with Gasteiger partial charge in [-0.15, -0.1) is 0 Å². The Kier molecular flexibility index (Phi) is 7.77. The number of aromatic carboxylic acids is 1. The molecule has 8 heteroatoms. The molecule has 144 valence electrons. The minimum absolute atomic E-state index is 0. The van der Waals surface area contributed by atoms with Crippen LogP contribution in [0.15, 0.2) is 66.7 Å². The van der Waals surface area contributed by atoms with E-state index in [0.717, 1.165) is 0 Å². The van der Waals surface area contributed by atoms with E-state index in [1.807, 2.05) is 0 Å². The third kappa shape index (κ3) is 6.00. The van der Waals surface area contributed by atoms with E-state index in [4.69, 9.17) is 16.3 Å². The summed E-state index contributed by atoms with van der Waals surface area (Å²) >= 11 is 6.06. The summed E-state index contributed by atoms with van der Waals surface area (Å²) in [6.45, 7) is -1.44. The normalized spacial score (nSPS) is 10.9. The number of ether oxygens (including phenoxy) is 1. The Morgan fingerprint density at radius 3 is 2.28 bits per heavy atom. The molecule has 3 rings (SSSR count). The first-order valence-corrected chi connectivity index (χ1v) is 8.53. The molecule has 0 saturated heterocycles. The number of carboxylic acid groups (broad SMARTS) is 1. The van der Waals surface area contributed by atoms with E-state index >= 15 is 0 Å². The van der Waals surface area contributed by atoms with Gasteiger partial charge in [0.2, 0.25) is 0 Å². The van der Waals surface area contributed by atoms with Crippen molar-refractivity contribution in [2.45, 2.75) is 6.18 Å². The predicted octanol–water partition coefficient (Wildman–Crippen LogP) is 1.98. The maximum atomic E-state index is 12.6. The molecule has 0 atom stereocenters. The van der Waals surface area contributed by atoms with Gasteiger partial charge in [-0.25, -0.2) is 0 Å². The third-order valence-corrected chi connectivity index (χ3v) is 4.19. The second-order valence-electron chi connectivity index (χ2n) is 5.96. The first-order valence-electron chi connectivity index (χ1n) is 8.15. The zero-order valence-corrected chi connectivity index (χ0v) is 18.1. The SMILES string of the molecule is O=C([O-])c1cccc(-c2ccccc2-c2cc(Cl)ccc2OCC(F)(F)F)c1.[Na+]. The van der Waals surface area contributed by atoms with Crippen LogP contribution in [0, 0.1) is 0 Å². The van der Waals surface area contributed by atoms with Crippen molar-refractivity contribution in [1.82, 2.24) is 0 Å². The largest absolute Gasteiger partial charge is 1.00 e. The molecular formula is C21H13ClF3NaO3. The van der Waals surface area contributed by atoms with E-state index in [1.165, 1.54) is 30.3 Å². The molecule has 0 spiro atoms. The Hall–Kier alpha value is -1.99. The van der Waals surface area contributed by atoms with Gasteiger partial charge in [0.05, 0.1) is 5.97 Å². The van der Waals surface area contributed by atoms with Crippen LogP contribution in [0.2, 0.25) is 5.02 Å². The molecule has 0 unspecified atom stereocenters. The number of carbonyl (C=O) groups is 1. The van der Waals surface area contributed by atoms with E-state index in [0.29, 0.717) is 27.3 Å². The van der Waals surface area contributed by atoms with Gasteiger partial charge in [0.15, 0.2) is 6.61 Å². The van der Waals surface area contributed by atoms with Gasteiger partial charge in [-0.3, -0.25) is 0 Å². The Morgan fingerprint density at radius 2 is 1.62 bits per heavy atom. The zero-order chi connectivity index (χ0) is 20.3. The Morgan fingerprint density at radius 1 is 0.931 bits per heavy atom. The van der Waals surface area contributed by atoms with Gasteiger partial charge in [0.1, 0.15) is 5.75 Å². The van der Waals surface area contributed by atoms with Crippen LogP contribution in [0.3, 0.4) is 0 Å². The fourth-order valence-corrected chi connectivity index (χ4v) is 2.95. The van der Waals surface area contributed by atoms with Gasteiger partial charge in [0, 0.05) is 10.6 Å². The summed E-state index contributed by atoms with van der Waals surface area (Å²) in [4.78, 5) is 11.2. The molecule has 0 aliphatic heterocycles. The summed E-state index contributed by atoms with van der Waals surface area (Å²) < 4.78 is 42.8. The van der Waals surface area contributed by atoms with Crippen molar-refractivity contribution in [3.8, 4) is 28.0 Å². The topological polar surface area (TPSA) is 49.4 Å². The second-order valence-corrected chi connectivity index (χ2v) is 6.39. The Balaban J connectivity index is 0.00000300. The van der Waals surface area contributed by atoms with Gasteiger partial charge in [-0.2, -0.15) is 13.2 Å². The average molecular weight is 429 g/mol. The quantitative estimate of drug-likeness (QED) is 0.584. The zero-order valence-electron chi connectivity index (χ0n) is 15.3. The van der Waals surface area contributed by atoms with Crippen molar-refractivity contribution in [2.75, 3.05) is 6.61 Å². The molecule has 3 nitrogen and oxygen atoms in total. The number of benzene rings is 3. The molecular weight excluding hydrogens is 416 g/mol. The number of alkyl halides is 3. The van der Waals surface area contributed by atoms with Crippen LogP contribution < -0.4 is 39.4 Å². The average Bonchev–Trinajstić information content (AvgIpc) is 2.66. The Labute approximate surface area is 192 Å². The van der Waals surface area contributed by atoms with Crippen LogP contribution in [0.4, 0.5) is 13.2 Å². The van der Waals surface area contributed by atoms with Crippen molar-refractivity contribution in [3.63, 3.8) is 0 Å². The van der Waals surface area contributed by atoms with Crippen molar-refractivity contribution in [2.24, 2.45) is 0 Å². The van der Waals surface area contributed by atoms with Crippen LogP contribution >= 0.6 is 11.6 Å². The molecule has 29 heavy (non-hydrogen) atoms. The number of rotatable bonds is 5. The number of hydrogen-bond acceptors (Lipinski definition) is 3. The first-order chi connectivity index (χ1) is 13.2. The maximum absolute atomic E-state index is 12.6. The number of carboxylic acids is 1. The van der Waals surface area contributed by atoms with Gasteiger partial charge in [-0.1, -0.05) is 54.1 Å². The molecule has 0 bridgehead atoms. The summed E-state index contributed by atoms with van der Waals surface area (Å²) in [6, 6.07) is 17.3. The second kappa shape index (κ2) is 9.67. The summed E-state index contributed by atoms with van der Waals surface area (Å²) in [5.41, 5.74) is 2.10. The molecule has 0 heterocycles. The Bertz CT molecular complexity index is 1020. The molecule has 3 aromatic rings. The van der Waals surface area contributed by atoms with Gasteiger partial charge < -0.3 is 14.6 Å². The molecule has 0 radical (unpaired) electrons. The molecule has 0 aliphatic rings. The molecule has 0 fully saturated rings. The monoisotopic (exact) mass is 428 g/mol. The van der Waals surface area contributed by atoms with Crippen molar-refractivity contribution >= 4 is 17.6 Å². The predicted molar refractivity (Wildman–Crippen MR) is 98.2 cm³/mol. The number of halogens is 4. The van der Waals surface area contributed by atoms with E-state index < -0.39 is 18.8 Å². The van der Waals surface area contributed by atoms with Crippen molar-refractivity contribution < 1.29 is 57.4 Å². The van der Waals surface area contributed by atoms with E-state index in [9.17, 15) is 23.1 Å². The summed E-state index contributed by atoms with van der Waals surface area (Å²) in [6.07, 6.45) is -4.49. The van der Waals surface area contributed by atoms with Crippen molar-refractivity contribution in [1.29, 1.82) is 0 Å². The minimum Gasteiger partial charge on any atom is -0.545 e. The molecule has 0 aromatic heterocycles. The van der Waals surface area contributed by atoms with E-state index in [-0.39, 0.29) is 40.9 Å². The van der Waals surface area contributed by atoms with Gasteiger partial charge >= 0.3 is 35.7 Å². The summed E-state index contributed by atoms with van der Waals surface area (Å²) in [5.74, 6) is -1.30. The third-order valence-electron chi connectivity index (χ3n) is 3.96. The molecule has 0 aliphatic carbocycles. The molecule has 0 saturated carbocycles. The van der Waals surface area contributed by atoms with Crippen LogP contribution in [0.25, 0.3) is 22.3 Å². The summed E-state index contributed by atoms with van der Waals surface area (Å²) in [7, 11) is 0. The molecule has 0 amide bonds. The minimum atomic E-state index is -4.49. The summed E-state index contributed by atoms with van der Waals surface area (Å²) in [5, 5.41) is 11.5. The molecule has 3 aromatic carbocycles. The van der Waals surface area contributed by atoms with Crippen LogP contribution in [-0.4, -0.2) is 18.8 Å². The van der Waals surface area contributed by atoms with Gasteiger partial charge in [0.25, 0.3) is 0 Å². The van der Waals surface area contributed by atoms with Crippen LogP contribution in [0.1, 0.15) is 10.4 Å². The van der Waals surface area contributed by atoms with E-state index in [1.54, 1.807) is 36.4 Å². The van der Waals surface area contributed by atoms with Crippen LogP contribution in [0.5, 0.6) is 5.75 Å². The fourth-order valence-electron chi connectivity index (χ4n) is 2.78. The number of hydrogen-bond donors (Lipinski definition) is 0. The number of carbonyl (C=O) groups excluding carboxylic acids is 1. The smallest absolute Gasteiger partial charge is 0.545 e. The standard InChI is InChI=1S/C21H14ClF3O3.Na/c22-15-8-9-19(28-12-21(23,24)25)18(11-15)17-7-2-1-6-16(17)13-4-3-5-14(10-13)20(26)27;/h1-11H,12H2,(H,26,27);/q;+1/p-1. The first kappa shape index (κ1) is 23.3. The van der Waals surface area contributed by atoms with Crippen molar-refractivity contribution in [3.05, 3.63) is 77.3 Å². The maximum Gasteiger partial charge on any atom is 1.00 e. The van der Waals surface area contributed by atoms with Crippen LogP contribution in [-0.2, 0) is 0 Å². The fraction of sp³-hybridized carbons (Fsp3) is 0.0952. The molecule has 0 N–H and O–H groups in total. The van der Waals surface area contributed by atoms with E-state index in [2.05, 4.69) is 0 Å². The van der Waals surface area contributed by atoms with Gasteiger partial charge in [-0.05, 0) is 46.5 Å².